The lowest BCUT2D eigenvalue weighted by Gasteiger charge is -2.21. The minimum Gasteiger partial charge on any atom is -0.383 e. The van der Waals surface area contributed by atoms with Gasteiger partial charge >= 0.3 is 0 Å². The van der Waals surface area contributed by atoms with Crippen molar-refractivity contribution in [1.82, 2.24) is 4.90 Å². The average Bonchev–Trinajstić information content (AvgIpc) is 2.65. The first kappa shape index (κ1) is 21.6. The molecule has 6 nitrogen and oxygen atoms in total. The van der Waals surface area contributed by atoms with Crippen molar-refractivity contribution < 1.29 is 14.3 Å². The van der Waals surface area contributed by atoms with Crippen LogP contribution in [-0.2, 0) is 14.3 Å². The minimum absolute atomic E-state index is 0.109. The van der Waals surface area contributed by atoms with Gasteiger partial charge in [0.25, 0.3) is 0 Å². The van der Waals surface area contributed by atoms with E-state index in [1.165, 1.54) is 0 Å². The summed E-state index contributed by atoms with van der Waals surface area (Å²) in [6.45, 7) is 7.11. The van der Waals surface area contributed by atoms with Crippen LogP contribution >= 0.6 is 0 Å². The molecule has 0 fully saturated rings. The Hall–Kier alpha value is -2.70. The molecule has 0 spiro atoms. The molecule has 0 heterocycles. The van der Waals surface area contributed by atoms with Gasteiger partial charge in [0.15, 0.2) is 0 Å². The van der Waals surface area contributed by atoms with Gasteiger partial charge in [-0.15, -0.1) is 0 Å². The largest absolute Gasteiger partial charge is 0.383 e. The molecule has 150 valence electrons. The highest BCUT2D eigenvalue weighted by molar-refractivity contribution is 5.95. The minimum atomic E-state index is -0.167. The van der Waals surface area contributed by atoms with E-state index in [0.29, 0.717) is 13.2 Å². The molecule has 2 aromatic rings. The van der Waals surface area contributed by atoms with Gasteiger partial charge < -0.3 is 15.4 Å². The number of anilines is 2. The number of nitrogens with one attached hydrogen (secondary N) is 2. The van der Waals surface area contributed by atoms with Crippen molar-refractivity contribution in [3.05, 3.63) is 59.2 Å². The molecule has 28 heavy (non-hydrogen) atoms. The Morgan fingerprint density at radius 1 is 0.929 bits per heavy atom. The van der Waals surface area contributed by atoms with E-state index in [2.05, 4.69) is 10.6 Å². The Bertz CT molecular complexity index is 803. The molecule has 2 aromatic carbocycles. The van der Waals surface area contributed by atoms with Crippen LogP contribution in [-0.4, -0.2) is 50.1 Å². The third kappa shape index (κ3) is 6.79. The fourth-order valence-electron chi connectivity index (χ4n) is 2.75. The zero-order valence-electron chi connectivity index (χ0n) is 17.0. The first-order valence-electron chi connectivity index (χ1n) is 9.33. The number of aryl methyl sites for hydroxylation is 2. The first-order chi connectivity index (χ1) is 13.4. The molecule has 0 unspecified atom stereocenters. The van der Waals surface area contributed by atoms with Gasteiger partial charge in [0.05, 0.1) is 19.7 Å². The number of amides is 2. The van der Waals surface area contributed by atoms with Gasteiger partial charge in [-0.3, -0.25) is 14.5 Å². The van der Waals surface area contributed by atoms with Crippen molar-refractivity contribution in [2.45, 2.75) is 20.8 Å². The van der Waals surface area contributed by atoms with Gasteiger partial charge in [0.1, 0.15) is 0 Å². The molecule has 6 heteroatoms. The summed E-state index contributed by atoms with van der Waals surface area (Å²) in [6.07, 6.45) is 0. The molecule has 0 bridgehead atoms. The van der Waals surface area contributed by atoms with E-state index in [1.54, 1.807) is 12.0 Å². The highest BCUT2D eigenvalue weighted by Gasteiger charge is 2.15. The Kier molecular flexibility index (Phi) is 8.17. The average molecular weight is 383 g/mol. The monoisotopic (exact) mass is 383 g/mol. The topological polar surface area (TPSA) is 70.7 Å². The number of hydrogen-bond acceptors (Lipinski definition) is 4. The van der Waals surface area contributed by atoms with Gasteiger partial charge in [-0.2, -0.15) is 0 Å². The summed E-state index contributed by atoms with van der Waals surface area (Å²) < 4.78 is 5.11. The maximum absolute atomic E-state index is 12.5. The van der Waals surface area contributed by atoms with Crippen molar-refractivity contribution in [2.24, 2.45) is 0 Å². The van der Waals surface area contributed by atoms with Gasteiger partial charge in [0, 0.05) is 25.0 Å². The number of carbonyl (C=O) groups excluding carboxylic acids is 2. The SMILES string of the molecule is COCCN(CC(=O)Nc1ccc(C)cc1)CC(=O)Nc1cccc(C)c1C. The number of ether oxygens (including phenoxy) is 1. The molecule has 0 aliphatic carbocycles. The molecule has 0 aliphatic rings. The van der Waals surface area contributed by atoms with Gasteiger partial charge in [-0.05, 0) is 50.1 Å². The van der Waals surface area contributed by atoms with Crippen molar-refractivity contribution in [3.63, 3.8) is 0 Å². The van der Waals surface area contributed by atoms with Crippen LogP contribution in [0.2, 0.25) is 0 Å². The van der Waals surface area contributed by atoms with Crippen molar-refractivity contribution in [1.29, 1.82) is 0 Å². The second kappa shape index (κ2) is 10.6. The van der Waals surface area contributed by atoms with Gasteiger partial charge in [-0.25, -0.2) is 0 Å². The van der Waals surface area contributed by atoms with Crippen LogP contribution in [0, 0.1) is 20.8 Å². The van der Waals surface area contributed by atoms with Crippen molar-refractivity contribution >= 4 is 23.2 Å². The number of benzene rings is 2. The molecular weight excluding hydrogens is 354 g/mol. The maximum atomic E-state index is 12.5. The second-order valence-corrected chi connectivity index (χ2v) is 6.91. The molecule has 2 rings (SSSR count). The lowest BCUT2D eigenvalue weighted by Crippen LogP contribution is -2.40. The number of hydrogen-bond donors (Lipinski definition) is 2. The number of rotatable bonds is 9. The van der Waals surface area contributed by atoms with E-state index in [0.717, 1.165) is 28.1 Å². The smallest absolute Gasteiger partial charge is 0.238 e. The first-order valence-corrected chi connectivity index (χ1v) is 9.33. The van der Waals surface area contributed by atoms with Crippen molar-refractivity contribution in [2.75, 3.05) is 44.0 Å². The van der Waals surface area contributed by atoms with Crippen LogP contribution in [0.5, 0.6) is 0 Å². The summed E-state index contributed by atoms with van der Waals surface area (Å²) in [4.78, 5) is 26.7. The van der Waals surface area contributed by atoms with E-state index in [4.69, 9.17) is 4.74 Å². The van der Waals surface area contributed by atoms with Crippen LogP contribution < -0.4 is 10.6 Å². The fourth-order valence-corrected chi connectivity index (χ4v) is 2.75. The Balaban J connectivity index is 1.95. The van der Waals surface area contributed by atoms with Gasteiger partial charge in [-0.1, -0.05) is 29.8 Å². The molecule has 2 amide bonds. The summed E-state index contributed by atoms with van der Waals surface area (Å²) in [5, 5.41) is 5.80. The summed E-state index contributed by atoms with van der Waals surface area (Å²) in [6, 6.07) is 13.4. The third-order valence-electron chi connectivity index (χ3n) is 4.56. The predicted octanol–water partition coefficient (Wildman–Crippen LogP) is 3.14. The zero-order chi connectivity index (χ0) is 20.5. The molecule has 0 atom stereocenters. The van der Waals surface area contributed by atoms with Crippen molar-refractivity contribution in [3.8, 4) is 0 Å². The Labute approximate surface area is 166 Å². The summed E-state index contributed by atoms with van der Waals surface area (Å²) >= 11 is 0. The van der Waals surface area contributed by atoms with Crippen LogP contribution in [0.25, 0.3) is 0 Å². The zero-order valence-corrected chi connectivity index (χ0v) is 17.0. The Morgan fingerprint density at radius 3 is 2.21 bits per heavy atom. The molecule has 2 N–H and O–H groups in total. The number of carbonyl (C=O) groups is 2. The quantitative estimate of drug-likeness (QED) is 0.698. The predicted molar refractivity (Wildman–Crippen MR) is 113 cm³/mol. The number of methoxy groups -OCH3 is 1. The summed E-state index contributed by atoms with van der Waals surface area (Å²) in [7, 11) is 1.60. The number of nitrogens with zero attached hydrogens (tertiary/aromatic N) is 1. The second-order valence-electron chi connectivity index (χ2n) is 6.91. The van der Waals surface area contributed by atoms with E-state index in [9.17, 15) is 9.59 Å². The van der Waals surface area contributed by atoms with Crippen LogP contribution in [0.15, 0.2) is 42.5 Å². The maximum Gasteiger partial charge on any atom is 0.238 e. The van der Waals surface area contributed by atoms with Crippen LogP contribution in [0.3, 0.4) is 0 Å². The normalized spacial score (nSPS) is 10.8. The molecule has 0 saturated heterocycles. The van der Waals surface area contributed by atoms with E-state index < -0.39 is 0 Å². The fraction of sp³-hybridized carbons (Fsp3) is 0.364. The van der Waals surface area contributed by atoms with Gasteiger partial charge in [0.2, 0.25) is 11.8 Å². The molecule has 0 radical (unpaired) electrons. The lowest BCUT2D eigenvalue weighted by molar-refractivity contribution is -0.120. The summed E-state index contributed by atoms with van der Waals surface area (Å²) in [5.41, 5.74) is 4.81. The highest BCUT2D eigenvalue weighted by atomic mass is 16.5. The van der Waals surface area contributed by atoms with E-state index in [-0.39, 0.29) is 24.9 Å². The van der Waals surface area contributed by atoms with E-state index >= 15 is 0 Å². The molecule has 0 aromatic heterocycles. The highest BCUT2D eigenvalue weighted by Crippen LogP contribution is 2.17. The summed E-state index contributed by atoms with van der Waals surface area (Å²) in [5.74, 6) is -0.326. The molecule has 0 aliphatic heterocycles. The third-order valence-corrected chi connectivity index (χ3v) is 4.56. The Morgan fingerprint density at radius 2 is 1.57 bits per heavy atom. The lowest BCUT2D eigenvalue weighted by atomic mass is 10.1. The molecular formula is C22H29N3O3. The van der Waals surface area contributed by atoms with Crippen LogP contribution in [0.4, 0.5) is 11.4 Å². The standard InChI is InChI=1S/C22H29N3O3/c1-16-8-10-19(11-9-16)23-21(26)14-25(12-13-28-4)15-22(27)24-20-7-5-6-17(2)18(20)3/h5-11H,12-15H2,1-4H3,(H,23,26)(H,24,27). The van der Waals surface area contributed by atoms with E-state index in [1.807, 2.05) is 63.2 Å². The molecule has 0 saturated carbocycles. The van der Waals surface area contributed by atoms with Crippen LogP contribution in [0.1, 0.15) is 16.7 Å².